The first kappa shape index (κ1) is 22.0. The van der Waals surface area contributed by atoms with E-state index in [1.165, 1.54) is 11.1 Å². The number of nitrogens with one attached hydrogen (secondary N) is 3. The normalized spacial score (nSPS) is 19.5. The largest absolute Gasteiger partial charge is 0.345 e. The Morgan fingerprint density at radius 1 is 1.09 bits per heavy atom. The number of rotatable bonds is 6. The fourth-order valence-electron chi connectivity index (χ4n) is 4.05. The second-order valence-corrected chi connectivity index (χ2v) is 8.94. The molecule has 1 aliphatic carbocycles. The number of nitrogens with zero attached hydrogens (tertiary/aromatic N) is 1. The van der Waals surface area contributed by atoms with Gasteiger partial charge in [-0.05, 0) is 70.9 Å². The maximum absolute atomic E-state index is 13.1. The van der Waals surface area contributed by atoms with Crippen molar-refractivity contribution in [3.63, 3.8) is 0 Å². The summed E-state index contributed by atoms with van der Waals surface area (Å²) in [6.07, 6.45) is 3.06. The van der Waals surface area contributed by atoms with Crippen LogP contribution in [0.2, 0.25) is 0 Å². The summed E-state index contributed by atoms with van der Waals surface area (Å²) < 4.78 is 0.713. The first-order chi connectivity index (χ1) is 15.3. The van der Waals surface area contributed by atoms with E-state index in [0.29, 0.717) is 15.7 Å². The highest BCUT2D eigenvalue weighted by atomic mass is 79.9. The van der Waals surface area contributed by atoms with Crippen LogP contribution in [-0.4, -0.2) is 41.7 Å². The second-order valence-electron chi connectivity index (χ2n) is 8.09. The number of fused-ring (bicyclic) bond motifs is 1. The van der Waals surface area contributed by atoms with Crippen LogP contribution < -0.4 is 16.0 Å². The molecule has 2 aromatic carbocycles. The summed E-state index contributed by atoms with van der Waals surface area (Å²) in [7, 11) is 0. The molecule has 4 rings (SSSR count). The number of aryl methyl sites for hydroxylation is 2. The quantitative estimate of drug-likeness (QED) is 0.531. The Labute approximate surface area is 193 Å². The lowest BCUT2D eigenvalue weighted by atomic mass is 9.89. The molecule has 2 aliphatic rings. The number of halogens is 1. The maximum Gasteiger partial charge on any atom is 0.325 e. The number of benzene rings is 2. The summed E-state index contributed by atoms with van der Waals surface area (Å²) in [6, 6.07) is 12.3. The van der Waals surface area contributed by atoms with Crippen LogP contribution in [0.25, 0.3) is 0 Å². The smallest absolute Gasteiger partial charge is 0.325 e. The van der Waals surface area contributed by atoms with Gasteiger partial charge in [-0.2, -0.15) is 0 Å². The molecule has 8 nitrogen and oxygen atoms in total. The Morgan fingerprint density at radius 2 is 1.84 bits per heavy atom. The molecule has 166 valence electrons. The SMILES string of the molecule is CC1(c2ccc3c(c2)CCC3)NC(=O)N(CC(=O)NCC(=O)Nc2ccccc2Br)C1=O. The van der Waals surface area contributed by atoms with Crippen molar-refractivity contribution in [1.29, 1.82) is 0 Å². The molecule has 0 aromatic heterocycles. The van der Waals surface area contributed by atoms with Gasteiger partial charge in [-0.15, -0.1) is 0 Å². The highest BCUT2D eigenvalue weighted by Gasteiger charge is 2.49. The molecule has 5 amide bonds. The predicted octanol–water partition coefficient (Wildman–Crippen LogP) is 2.46. The zero-order valence-corrected chi connectivity index (χ0v) is 19.1. The minimum absolute atomic E-state index is 0.286. The van der Waals surface area contributed by atoms with E-state index in [9.17, 15) is 19.2 Å². The van der Waals surface area contributed by atoms with Gasteiger partial charge >= 0.3 is 6.03 Å². The van der Waals surface area contributed by atoms with Gasteiger partial charge in [-0.25, -0.2) is 4.79 Å². The van der Waals surface area contributed by atoms with Gasteiger partial charge < -0.3 is 16.0 Å². The Bertz CT molecular complexity index is 1120. The van der Waals surface area contributed by atoms with Gasteiger partial charge in [0.1, 0.15) is 12.1 Å². The van der Waals surface area contributed by atoms with Gasteiger partial charge in [-0.3, -0.25) is 19.3 Å². The van der Waals surface area contributed by atoms with E-state index in [2.05, 4.69) is 31.9 Å². The molecule has 1 unspecified atom stereocenters. The van der Waals surface area contributed by atoms with Crippen molar-refractivity contribution in [3.05, 3.63) is 63.6 Å². The van der Waals surface area contributed by atoms with Crippen molar-refractivity contribution >= 4 is 45.4 Å². The standard InChI is InChI=1S/C23H23BrN4O4/c1-23(16-10-9-14-5-4-6-15(14)11-16)21(31)28(22(32)27-23)13-20(30)25-12-19(29)26-18-8-3-2-7-17(18)24/h2-3,7-11H,4-6,12-13H2,1H3,(H,25,30)(H,26,29)(H,27,32). The van der Waals surface area contributed by atoms with Crippen molar-refractivity contribution in [2.24, 2.45) is 0 Å². The van der Waals surface area contributed by atoms with E-state index in [1.807, 2.05) is 24.3 Å². The summed E-state index contributed by atoms with van der Waals surface area (Å²) in [5, 5.41) is 7.84. The summed E-state index contributed by atoms with van der Waals surface area (Å²) in [6.45, 7) is 0.895. The average molecular weight is 499 g/mol. The monoisotopic (exact) mass is 498 g/mol. The Hall–Kier alpha value is -3.20. The number of para-hydroxylation sites is 1. The zero-order chi connectivity index (χ0) is 22.9. The summed E-state index contributed by atoms with van der Waals surface area (Å²) >= 11 is 3.33. The number of amides is 5. The molecule has 9 heteroatoms. The molecule has 1 heterocycles. The average Bonchev–Trinajstić information content (AvgIpc) is 3.32. The van der Waals surface area contributed by atoms with Gasteiger partial charge in [0.15, 0.2) is 0 Å². The third-order valence-electron chi connectivity index (χ3n) is 5.85. The van der Waals surface area contributed by atoms with E-state index < -0.39 is 35.8 Å². The van der Waals surface area contributed by atoms with Crippen molar-refractivity contribution in [2.45, 2.75) is 31.7 Å². The Balaban J connectivity index is 1.36. The van der Waals surface area contributed by atoms with Gasteiger partial charge in [0.25, 0.3) is 5.91 Å². The molecule has 1 aliphatic heterocycles. The van der Waals surface area contributed by atoms with Crippen LogP contribution in [0.5, 0.6) is 0 Å². The minimum atomic E-state index is -1.23. The van der Waals surface area contributed by atoms with E-state index in [1.54, 1.807) is 25.1 Å². The van der Waals surface area contributed by atoms with Crippen LogP contribution in [0, 0.1) is 0 Å². The summed E-state index contributed by atoms with van der Waals surface area (Å²) in [4.78, 5) is 50.9. The lowest BCUT2D eigenvalue weighted by molar-refractivity contribution is -0.135. The molecular weight excluding hydrogens is 476 g/mol. The number of hydrogen-bond donors (Lipinski definition) is 3. The van der Waals surface area contributed by atoms with Crippen LogP contribution in [0.15, 0.2) is 46.9 Å². The lowest BCUT2D eigenvalue weighted by Gasteiger charge is -2.23. The zero-order valence-electron chi connectivity index (χ0n) is 17.5. The topological polar surface area (TPSA) is 108 Å². The number of hydrogen-bond acceptors (Lipinski definition) is 4. The molecule has 1 atom stereocenters. The number of imide groups is 1. The first-order valence-corrected chi connectivity index (χ1v) is 11.1. The Kier molecular flexibility index (Phi) is 6.01. The van der Waals surface area contributed by atoms with Crippen LogP contribution >= 0.6 is 15.9 Å². The number of urea groups is 1. The Morgan fingerprint density at radius 3 is 2.62 bits per heavy atom. The van der Waals surface area contributed by atoms with Crippen molar-refractivity contribution in [1.82, 2.24) is 15.5 Å². The van der Waals surface area contributed by atoms with E-state index in [0.717, 1.165) is 24.2 Å². The predicted molar refractivity (Wildman–Crippen MR) is 122 cm³/mol. The molecule has 3 N–H and O–H groups in total. The van der Waals surface area contributed by atoms with Crippen molar-refractivity contribution in [2.75, 3.05) is 18.4 Å². The van der Waals surface area contributed by atoms with Gasteiger partial charge in [-0.1, -0.05) is 30.3 Å². The number of carbonyl (C=O) groups excluding carboxylic acids is 4. The molecule has 2 aromatic rings. The maximum atomic E-state index is 13.1. The van der Waals surface area contributed by atoms with Crippen molar-refractivity contribution < 1.29 is 19.2 Å². The lowest BCUT2D eigenvalue weighted by Crippen LogP contribution is -2.44. The first-order valence-electron chi connectivity index (χ1n) is 10.4. The minimum Gasteiger partial charge on any atom is -0.345 e. The highest BCUT2D eigenvalue weighted by Crippen LogP contribution is 2.32. The number of anilines is 1. The van der Waals surface area contributed by atoms with Gasteiger partial charge in [0, 0.05) is 4.47 Å². The molecule has 0 bridgehead atoms. The second kappa shape index (κ2) is 8.74. The molecule has 0 radical (unpaired) electrons. The van der Waals surface area contributed by atoms with Gasteiger partial charge in [0.05, 0.1) is 12.2 Å². The third kappa shape index (κ3) is 4.25. The van der Waals surface area contributed by atoms with Crippen LogP contribution in [0.1, 0.15) is 30.0 Å². The van der Waals surface area contributed by atoms with Crippen molar-refractivity contribution in [3.8, 4) is 0 Å². The molecule has 0 saturated carbocycles. The van der Waals surface area contributed by atoms with Gasteiger partial charge in [0.2, 0.25) is 11.8 Å². The number of carbonyl (C=O) groups is 4. The van der Waals surface area contributed by atoms with Crippen LogP contribution in [0.3, 0.4) is 0 Å². The van der Waals surface area contributed by atoms with E-state index in [4.69, 9.17) is 0 Å². The molecule has 1 saturated heterocycles. The fourth-order valence-corrected chi connectivity index (χ4v) is 4.44. The third-order valence-corrected chi connectivity index (χ3v) is 6.54. The molecular formula is C23H23BrN4O4. The highest BCUT2D eigenvalue weighted by molar-refractivity contribution is 9.10. The van der Waals surface area contributed by atoms with E-state index >= 15 is 0 Å². The van der Waals surface area contributed by atoms with Crippen LogP contribution in [0.4, 0.5) is 10.5 Å². The summed E-state index contributed by atoms with van der Waals surface area (Å²) in [5.41, 5.74) is 2.51. The molecule has 32 heavy (non-hydrogen) atoms. The molecule has 0 spiro atoms. The fraction of sp³-hybridized carbons (Fsp3) is 0.304. The molecule has 1 fully saturated rings. The van der Waals surface area contributed by atoms with E-state index in [-0.39, 0.29) is 6.54 Å². The summed E-state index contributed by atoms with van der Waals surface area (Å²) in [5.74, 6) is -1.52. The van der Waals surface area contributed by atoms with Crippen LogP contribution in [-0.2, 0) is 32.8 Å².